The summed E-state index contributed by atoms with van der Waals surface area (Å²) in [5.74, 6) is 0.327. The van der Waals surface area contributed by atoms with Crippen LogP contribution in [0.4, 0.5) is 0 Å². The van der Waals surface area contributed by atoms with Gasteiger partial charge in [-0.3, -0.25) is 0 Å². The van der Waals surface area contributed by atoms with Crippen LogP contribution in [0.2, 0.25) is 0 Å². The highest BCUT2D eigenvalue weighted by Gasteiger charge is 2.25. The lowest BCUT2D eigenvalue weighted by molar-refractivity contribution is 0.845. The van der Waals surface area contributed by atoms with Gasteiger partial charge in [0.2, 0.25) is 0 Å². The van der Waals surface area contributed by atoms with Crippen molar-refractivity contribution in [1.82, 2.24) is 0 Å². The third kappa shape index (κ3) is 5.88. The Morgan fingerprint density at radius 1 is 0.778 bits per heavy atom. The minimum Gasteiger partial charge on any atom is -0.0995 e. The van der Waals surface area contributed by atoms with E-state index in [4.69, 9.17) is 0 Å². The van der Waals surface area contributed by atoms with E-state index in [0.717, 1.165) is 38.5 Å². The predicted octanol–water partition coefficient (Wildman–Crippen LogP) is 9.92. The van der Waals surface area contributed by atoms with Gasteiger partial charge in [0.25, 0.3) is 0 Å². The van der Waals surface area contributed by atoms with E-state index in [-0.39, 0.29) is 0 Å². The van der Waals surface area contributed by atoms with Crippen LogP contribution in [0.25, 0.3) is 11.6 Å². The van der Waals surface area contributed by atoms with Gasteiger partial charge in [0.15, 0.2) is 0 Å². The van der Waals surface area contributed by atoms with E-state index in [1.54, 1.807) is 5.56 Å². The summed E-state index contributed by atoms with van der Waals surface area (Å²) in [7, 11) is 0. The minimum absolute atomic E-state index is 0.327. The molecule has 0 amide bonds. The van der Waals surface area contributed by atoms with Crippen molar-refractivity contribution >= 4 is 11.6 Å². The number of aryl methyl sites for hydroxylation is 1. The summed E-state index contributed by atoms with van der Waals surface area (Å²) < 4.78 is 0. The van der Waals surface area contributed by atoms with E-state index in [1.165, 1.54) is 44.5 Å². The lowest BCUT2D eigenvalue weighted by atomic mass is 9.83. The van der Waals surface area contributed by atoms with Gasteiger partial charge in [-0.15, -0.1) is 0 Å². The van der Waals surface area contributed by atoms with Crippen molar-refractivity contribution < 1.29 is 0 Å². The summed E-state index contributed by atoms with van der Waals surface area (Å²) in [6, 6.07) is 26.4. The molecule has 0 saturated carbocycles. The molecule has 0 N–H and O–H groups in total. The average Bonchev–Trinajstić information content (AvgIpc) is 3.36. The van der Waals surface area contributed by atoms with Crippen molar-refractivity contribution in [3.63, 3.8) is 0 Å². The molecule has 1 aliphatic rings. The molecule has 0 aliphatic heterocycles. The fraction of sp³-hybridized carbons (Fsp3) is 0.278. The first kappa shape index (κ1) is 25.7. The summed E-state index contributed by atoms with van der Waals surface area (Å²) in [5.41, 5.74) is 12.8. The number of hydrogen-bond acceptors (Lipinski definition) is 0. The van der Waals surface area contributed by atoms with Crippen molar-refractivity contribution in [3.8, 4) is 0 Å². The van der Waals surface area contributed by atoms with Gasteiger partial charge >= 0.3 is 0 Å². The fourth-order valence-corrected chi connectivity index (χ4v) is 5.63. The highest BCUT2D eigenvalue weighted by molar-refractivity contribution is 5.79. The predicted molar refractivity (Wildman–Crippen MR) is 158 cm³/mol. The molecule has 3 aromatic rings. The monoisotopic (exact) mass is 472 g/mol. The first-order chi connectivity index (χ1) is 17.7. The molecule has 0 heteroatoms. The number of hydrogen-bond donors (Lipinski definition) is 0. The van der Waals surface area contributed by atoms with Gasteiger partial charge in [0.05, 0.1) is 0 Å². The molecule has 0 nitrogen and oxygen atoms in total. The van der Waals surface area contributed by atoms with Crippen LogP contribution in [0.15, 0.2) is 109 Å². The second kappa shape index (κ2) is 12.5. The van der Waals surface area contributed by atoms with E-state index >= 15 is 0 Å². The molecule has 0 aromatic heterocycles. The van der Waals surface area contributed by atoms with E-state index in [1.807, 2.05) is 0 Å². The summed E-state index contributed by atoms with van der Waals surface area (Å²) >= 11 is 0. The maximum atomic E-state index is 4.43. The molecular formula is C36H40. The second-order valence-corrected chi connectivity index (χ2v) is 9.76. The first-order valence-electron chi connectivity index (χ1n) is 13.6. The Morgan fingerprint density at radius 2 is 1.47 bits per heavy atom. The van der Waals surface area contributed by atoms with Gasteiger partial charge < -0.3 is 0 Å². The maximum absolute atomic E-state index is 4.43. The smallest absolute Gasteiger partial charge is 0.0308 e. The molecular weight excluding hydrogens is 432 g/mol. The number of rotatable bonds is 11. The molecule has 0 saturated heterocycles. The van der Waals surface area contributed by atoms with E-state index < -0.39 is 0 Å². The van der Waals surface area contributed by atoms with E-state index in [2.05, 4.69) is 124 Å². The summed E-state index contributed by atoms with van der Waals surface area (Å²) in [4.78, 5) is 0. The van der Waals surface area contributed by atoms with Crippen LogP contribution in [0.5, 0.6) is 0 Å². The Labute approximate surface area is 218 Å². The zero-order valence-corrected chi connectivity index (χ0v) is 22.3. The fourth-order valence-electron chi connectivity index (χ4n) is 5.63. The lowest BCUT2D eigenvalue weighted by Crippen LogP contribution is -2.03. The van der Waals surface area contributed by atoms with Gasteiger partial charge in [-0.2, -0.15) is 0 Å². The van der Waals surface area contributed by atoms with Crippen LogP contribution < -0.4 is 0 Å². The molecule has 0 spiro atoms. The SMILES string of the molecule is C=C(CC=Cc1ccc(CC)c(CC)c1CC)CCC1=CC=C(c2ccccc2)C1c1ccccc1. The number of benzene rings is 3. The van der Waals surface area contributed by atoms with Crippen LogP contribution in [0, 0.1) is 0 Å². The van der Waals surface area contributed by atoms with Gasteiger partial charge in [-0.1, -0.05) is 136 Å². The third-order valence-corrected chi connectivity index (χ3v) is 7.52. The van der Waals surface area contributed by atoms with E-state index in [0.29, 0.717) is 5.92 Å². The van der Waals surface area contributed by atoms with Crippen molar-refractivity contribution in [1.29, 1.82) is 0 Å². The zero-order valence-electron chi connectivity index (χ0n) is 22.3. The van der Waals surface area contributed by atoms with Crippen LogP contribution in [-0.2, 0) is 19.3 Å². The molecule has 1 unspecified atom stereocenters. The summed E-state index contributed by atoms with van der Waals surface area (Å²) in [6.07, 6.45) is 15.6. The Kier molecular flexibility index (Phi) is 8.95. The molecule has 4 rings (SSSR count). The van der Waals surface area contributed by atoms with Crippen molar-refractivity contribution in [3.05, 3.63) is 142 Å². The van der Waals surface area contributed by atoms with Crippen molar-refractivity contribution in [2.45, 2.75) is 65.2 Å². The molecule has 0 fully saturated rings. The molecule has 36 heavy (non-hydrogen) atoms. The van der Waals surface area contributed by atoms with Crippen LogP contribution in [0.3, 0.4) is 0 Å². The van der Waals surface area contributed by atoms with Gasteiger partial charge in [-0.25, -0.2) is 0 Å². The Balaban J connectivity index is 1.42. The van der Waals surface area contributed by atoms with Crippen molar-refractivity contribution in [2.75, 3.05) is 0 Å². The maximum Gasteiger partial charge on any atom is 0.0308 e. The Hall–Kier alpha value is -3.38. The van der Waals surface area contributed by atoms with Gasteiger partial charge in [-0.05, 0) is 77.5 Å². The normalized spacial score (nSPS) is 15.2. The molecule has 1 aliphatic carbocycles. The third-order valence-electron chi connectivity index (χ3n) is 7.52. The Bertz CT molecular complexity index is 1250. The highest BCUT2D eigenvalue weighted by atomic mass is 14.3. The van der Waals surface area contributed by atoms with Crippen LogP contribution in [0.1, 0.15) is 79.3 Å². The van der Waals surface area contributed by atoms with E-state index in [9.17, 15) is 0 Å². The molecule has 0 heterocycles. The van der Waals surface area contributed by atoms with Crippen molar-refractivity contribution in [2.24, 2.45) is 0 Å². The molecule has 0 bridgehead atoms. The highest BCUT2D eigenvalue weighted by Crippen LogP contribution is 2.44. The lowest BCUT2D eigenvalue weighted by Gasteiger charge is -2.21. The zero-order chi connectivity index (χ0) is 25.3. The molecule has 184 valence electrons. The summed E-state index contributed by atoms with van der Waals surface area (Å²) in [5, 5.41) is 0. The standard InChI is InChI=1S/C36H40/c1-5-28-23-24-30(34(7-3)33(28)6-2)20-14-15-27(4)21-22-32-25-26-35(29-16-10-8-11-17-29)36(32)31-18-12-9-13-19-31/h8-14,16-20,23-26,36H,4-7,15,21-22H2,1-3H3. The first-order valence-corrected chi connectivity index (χ1v) is 13.6. The minimum atomic E-state index is 0.327. The largest absolute Gasteiger partial charge is 0.0995 e. The van der Waals surface area contributed by atoms with Gasteiger partial charge in [0.1, 0.15) is 0 Å². The van der Waals surface area contributed by atoms with Gasteiger partial charge in [0, 0.05) is 5.92 Å². The molecule has 1 atom stereocenters. The quantitative estimate of drug-likeness (QED) is 0.244. The topological polar surface area (TPSA) is 0 Å². The number of allylic oxidation sites excluding steroid dienone is 6. The summed E-state index contributed by atoms with van der Waals surface area (Å²) in [6.45, 7) is 11.2. The average molecular weight is 473 g/mol. The molecule has 3 aromatic carbocycles. The molecule has 0 radical (unpaired) electrons. The van der Waals surface area contributed by atoms with Crippen LogP contribution in [-0.4, -0.2) is 0 Å². The second-order valence-electron chi connectivity index (χ2n) is 9.76. The van der Waals surface area contributed by atoms with Crippen LogP contribution >= 0.6 is 0 Å². The Morgan fingerprint density at radius 3 is 2.14 bits per heavy atom.